The van der Waals surface area contributed by atoms with E-state index in [2.05, 4.69) is 4.98 Å². The van der Waals surface area contributed by atoms with Crippen LogP contribution in [-0.2, 0) is 0 Å². The highest BCUT2D eigenvalue weighted by Crippen LogP contribution is 2.39. The lowest BCUT2D eigenvalue weighted by Gasteiger charge is -2.10. The Morgan fingerprint density at radius 2 is 1.18 bits per heavy atom. The monoisotopic (exact) mass is 589 g/mol. The van der Waals surface area contributed by atoms with Crippen molar-refractivity contribution in [3.05, 3.63) is 139 Å². The number of nitrogens with zero attached hydrogens (tertiary/aromatic N) is 3. The molecule has 4 heterocycles. The minimum atomic E-state index is -0.681. The summed E-state index contributed by atoms with van der Waals surface area (Å²) in [7, 11) is 0. The van der Waals surface area contributed by atoms with Crippen LogP contribution in [0, 0.1) is 0 Å². The van der Waals surface area contributed by atoms with Crippen molar-refractivity contribution in [3.63, 3.8) is 0 Å². The predicted octanol–water partition coefficient (Wildman–Crippen LogP) is 10.7. The fraction of sp³-hybridized carbons (Fsp3) is 0. The van der Waals surface area contributed by atoms with E-state index in [1.54, 1.807) is 12.1 Å². The molecule has 10 aromatic rings. The smallest absolute Gasteiger partial charge is 0.231 e. The fourth-order valence-electron chi connectivity index (χ4n) is 5.99. The molecule has 0 N–H and O–H groups in total. The second-order valence-corrected chi connectivity index (χ2v) is 10.5. The van der Waals surface area contributed by atoms with Crippen LogP contribution >= 0.6 is 0 Å². The van der Waals surface area contributed by atoms with Gasteiger partial charge in [-0.15, -0.1) is 0 Å². The summed E-state index contributed by atoms with van der Waals surface area (Å²) >= 11 is 0. The molecule has 5 nitrogen and oxygen atoms in total. The second kappa shape index (κ2) is 9.15. The number of benzene rings is 6. The van der Waals surface area contributed by atoms with Crippen LogP contribution < -0.4 is 0 Å². The summed E-state index contributed by atoms with van der Waals surface area (Å²) in [4.78, 5) is 9.53. The van der Waals surface area contributed by atoms with Gasteiger partial charge in [-0.25, -0.2) is 4.98 Å². The third-order valence-electron chi connectivity index (χ3n) is 7.98. The summed E-state index contributed by atoms with van der Waals surface area (Å²) in [5, 5.41) is 2.55. The van der Waals surface area contributed by atoms with Gasteiger partial charge in [0.25, 0.3) is 0 Å². The molecule has 0 spiro atoms. The average molecular weight is 590 g/mol. The largest absolute Gasteiger partial charge is 0.456 e. The molecule has 0 amide bonds. The van der Waals surface area contributed by atoms with Crippen LogP contribution in [0.1, 0.15) is 16.4 Å². The number of fused-ring (bicyclic) bond motifs is 9. The standard InChI is InChI=1S/C40H23N3O2/c1-5-13-32-27(9-1)28-10-2-6-14-33(28)43(32)26-20-17-24(18-21-26)39-41-38(37-31-12-4-8-16-35(31)45-40(37)42-39)25-19-22-30-29-11-3-7-15-34(29)44-36(30)23-25/h1-23H/i1D,2D,5D,6D,9D,10D,13D,14D,17D,18D,20D,21D. The number of rotatable bonds is 3. The van der Waals surface area contributed by atoms with E-state index in [9.17, 15) is 5.48 Å². The maximum absolute atomic E-state index is 9.31. The number of aromatic nitrogens is 3. The van der Waals surface area contributed by atoms with Crippen molar-refractivity contribution in [2.45, 2.75) is 0 Å². The molecular formula is C40H23N3O2. The zero-order valence-corrected chi connectivity index (χ0v) is 23.0. The Balaban J connectivity index is 1.28. The Labute approximate surface area is 273 Å². The lowest BCUT2D eigenvalue weighted by molar-refractivity contribution is 0.653. The van der Waals surface area contributed by atoms with Gasteiger partial charge in [0.2, 0.25) is 5.71 Å². The Morgan fingerprint density at radius 1 is 0.533 bits per heavy atom. The number of hydrogen-bond donors (Lipinski definition) is 0. The summed E-state index contributed by atoms with van der Waals surface area (Å²) in [5.41, 5.74) is 1.42. The zero-order valence-electron chi connectivity index (χ0n) is 35.0. The summed E-state index contributed by atoms with van der Waals surface area (Å²) in [6, 6.07) is 12.8. The Kier molecular flexibility index (Phi) is 3.15. The minimum absolute atomic E-state index is 0.122. The molecule has 0 radical (unpaired) electrons. The first-order valence-corrected chi connectivity index (χ1v) is 14.0. The molecular weight excluding hydrogens is 554 g/mol. The van der Waals surface area contributed by atoms with Crippen LogP contribution in [0.4, 0.5) is 0 Å². The van der Waals surface area contributed by atoms with Crippen molar-refractivity contribution in [1.29, 1.82) is 0 Å². The van der Waals surface area contributed by atoms with Gasteiger partial charge >= 0.3 is 0 Å². The Hall–Kier alpha value is -6.20. The van der Waals surface area contributed by atoms with Gasteiger partial charge in [0, 0.05) is 43.7 Å². The van der Waals surface area contributed by atoms with E-state index in [0.29, 0.717) is 38.8 Å². The molecule has 0 aliphatic heterocycles. The van der Waals surface area contributed by atoms with Crippen molar-refractivity contribution in [2.75, 3.05) is 0 Å². The van der Waals surface area contributed by atoms with E-state index in [4.69, 9.17) is 24.8 Å². The van der Waals surface area contributed by atoms with E-state index in [0.717, 1.165) is 15.3 Å². The van der Waals surface area contributed by atoms with Crippen LogP contribution in [0.25, 0.3) is 94.1 Å². The molecule has 0 unspecified atom stereocenters. The van der Waals surface area contributed by atoms with E-state index >= 15 is 0 Å². The molecule has 10 rings (SSSR count). The van der Waals surface area contributed by atoms with Crippen molar-refractivity contribution in [3.8, 4) is 28.3 Å². The van der Waals surface area contributed by atoms with Crippen LogP contribution in [0.5, 0.6) is 0 Å². The van der Waals surface area contributed by atoms with Crippen molar-refractivity contribution in [2.24, 2.45) is 0 Å². The molecule has 0 saturated heterocycles. The van der Waals surface area contributed by atoms with Gasteiger partial charge in [0.1, 0.15) is 16.7 Å². The van der Waals surface area contributed by atoms with E-state index in [-0.39, 0.29) is 38.9 Å². The van der Waals surface area contributed by atoms with E-state index in [1.165, 1.54) is 0 Å². The molecule has 5 heteroatoms. The highest BCUT2D eigenvalue weighted by molar-refractivity contribution is 6.12. The van der Waals surface area contributed by atoms with Gasteiger partial charge in [-0.1, -0.05) is 78.7 Å². The van der Waals surface area contributed by atoms with Gasteiger partial charge < -0.3 is 13.4 Å². The SMILES string of the molecule is [2H]c1c([2H])c(-n2c3c([2H])c([2H])c([2H])c([2H])c3c3c([2H])c([2H])c([2H])c([2H])c32)c([2H])c([2H])c1-c1nc(-c2ccc3c(c2)oc2ccccc23)c2c(n1)oc1ccccc12. The predicted molar refractivity (Wildman–Crippen MR) is 182 cm³/mol. The van der Waals surface area contributed by atoms with Crippen molar-refractivity contribution < 1.29 is 25.3 Å². The van der Waals surface area contributed by atoms with Gasteiger partial charge in [0.15, 0.2) is 5.82 Å². The Morgan fingerprint density at radius 3 is 1.93 bits per heavy atom. The third kappa shape index (κ3) is 3.55. The van der Waals surface area contributed by atoms with Gasteiger partial charge in [-0.3, -0.25) is 0 Å². The van der Waals surface area contributed by atoms with Gasteiger partial charge in [-0.05, 0) is 60.5 Å². The highest BCUT2D eigenvalue weighted by Gasteiger charge is 2.20. The van der Waals surface area contributed by atoms with Gasteiger partial charge in [-0.2, -0.15) is 4.98 Å². The first-order chi connectivity index (χ1) is 27.3. The molecule has 0 atom stereocenters. The molecule has 0 aliphatic carbocycles. The molecule has 4 aromatic heterocycles. The first-order valence-electron chi connectivity index (χ1n) is 20.0. The van der Waals surface area contributed by atoms with Crippen LogP contribution in [0.2, 0.25) is 0 Å². The minimum Gasteiger partial charge on any atom is -0.456 e. The average Bonchev–Trinajstić information content (AvgIpc) is 3.89. The molecule has 0 bridgehead atoms. The number of furan rings is 2. The molecule has 210 valence electrons. The second-order valence-electron chi connectivity index (χ2n) is 10.5. The highest BCUT2D eigenvalue weighted by atomic mass is 16.3. The lowest BCUT2D eigenvalue weighted by atomic mass is 10.0. The number of hydrogen-bond acceptors (Lipinski definition) is 4. The van der Waals surface area contributed by atoms with Crippen LogP contribution in [0.3, 0.4) is 0 Å². The quantitative estimate of drug-likeness (QED) is 0.206. The summed E-state index contributed by atoms with van der Waals surface area (Å²) in [6.07, 6.45) is 0. The third-order valence-corrected chi connectivity index (χ3v) is 7.98. The summed E-state index contributed by atoms with van der Waals surface area (Å²) in [6.45, 7) is 0. The topological polar surface area (TPSA) is 57.0 Å². The molecule has 0 aliphatic rings. The maximum atomic E-state index is 9.31. The molecule has 6 aromatic carbocycles. The van der Waals surface area contributed by atoms with E-state index in [1.807, 2.05) is 54.6 Å². The van der Waals surface area contributed by atoms with Crippen molar-refractivity contribution in [1.82, 2.24) is 14.5 Å². The Bertz CT molecular complexity index is 3360. The summed E-state index contributed by atoms with van der Waals surface area (Å²) < 4.78 is 119. The zero-order chi connectivity index (χ0) is 39.9. The number of para-hydroxylation sites is 4. The van der Waals surface area contributed by atoms with E-state index < -0.39 is 78.2 Å². The van der Waals surface area contributed by atoms with Gasteiger partial charge in [0.05, 0.1) is 38.6 Å². The molecule has 0 saturated carbocycles. The summed E-state index contributed by atoms with van der Waals surface area (Å²) in [5.74, 6) is -0.198. The fourth-order valence-corrected chi connectivity index (χ4v) is 5.99. The normalized spacial score (nSPS) is 15.7. The van der Waals surface area contributed by atoms with Crippen LogP contribution in [0.15, 0.2) is 148 Å². The molecule has 45 heavy (non-hydrogen) atoms. The first kappa shape index (κ1) is 15.5. The van der Waals surface area contributed by atoms with Crippen molar-refractivity contribution >= 4 is 65.8 Å². The lowest BCUT2D eigenvalue weighted by Crippen LogP contribution is -1.96. The molecule has 0 fully saturated rings. The van der Waals surface area contributed by atoms with Crippen LogP contribution in [-0.4, -0.2) is 14.5 Å². The maximum Gasteiger partial charge on any atom is 0.231 e.